The first kappa shape index (κ1) is 16.8. The van der Waals surface area contributed by atoms with Gasteiger partial charge in [0, 0.05) is 17.5 Å². The average Bonchev–Trinajstić information content (AvgIpc) is 2.89. The van der Waals surface area contributed by atoms with Crippen LogP contribution in [0.5, 0.6) is 0 Å². The van der Waals surface area contributed by atoms with Gasteiger partial charge < -0.3 is 14.6 Å². The van der Waals surface area contributed by atoms with Gasteiger partial charge >= 0.3 is 5.97 Å². The third-order valence-electron chi connectivity index (χ3n) is 3.82. The molecule has 0 radical (unpaired) electrons. The summed E-state index contributed by atoms with van der Waals surface area (Å²) in [5.74, 6) is -2.11. The number of halogens is 2. The number of aliphatic hydroxyl groups excluding tert-OH is 1. The van der Waals surface area contributed by atoms with Gasteiger partial charge in [-0.1, -0.05) is 19.9 Å². The second-order valence-corrected chi connectivity index (χ2v) is 5.94. The highest BCUT2D eigenvalue weighted by Gasteiger charge is 2.43. The minimum atomic E-state index is -1.22. The van der Waals surface area contributed by atoms with Gasteiger partial charge in [0.1, 0.15) is 17.2 Å². The van der Waals surface area contributed by atoms with Crippen molar-refractivity contribution in [2.24, 2.45) is 11.8 Å². The Labute approximate surface area is 128 Å². The van der Waals surface area contributed by atoms with E-state index in [0.717, 1.165) is 12.1 Å². The lowest BCUT2D eigenvalue weighted by Crippen LogP contribution is -2.31. The average molecular weight is 314 g/mol. The Balaban J connectivity index is 2.08. The van der Waals surface area contributed by atoms with Gasteiger partial charge in [0.25, 0.3) is 0 Å². The van der Waals surface area contributed by atoms with Crippen molar-refractivity contribution in [3.05, 3.63) is 35.4 Å². The quantitative estimate of drug-likeness (QED) is 0.848. The van der Waals surface area contributed by atoms with Crippen LogP contribution in [0.1, 0.15) is 25.8 Å². The third kappa shape index (κ3) is 3.44. The van der Waals surface area contributed by atoms with Crippen LogP contribution in [0.4, 0.5) is 8.78 Å². The zero-order valence-corrected chi connectivity index (χ0v) is 12.6. The van der Waals surface area contributed by atoms with Crippen LogP contribution in [0.3, 0.4) is 0 Å². The largest absolute Gasteiger partial charge is 0.465 e. The van der Waals surface area contributed by atoms with Crippen LogP contribution in [0.15, 0.2) is 18.2 Å². The lowest BCUT2D eigenvalue weighted by molar-refractivity contribution is -0.148. The molecule has 1 saturated heterocycles. The molecule has 0 aliphatic carbocycles. The molecule has 1 aliphatic rings. The SMILES string of the molecule is CC(C)C(=O)OC[C@@H]1CO[C@@](CO)(c2ccc(F)cc2F)C1. The number of ether oxygens (including phenoxy) is 2. The van der Waals surface area contributed by atoms with Gasteiger partial charge in [0.05, 0.1) is 25.7 Å². The van der Waals surface area contributed by atoms with E-state index >= 15 is 0 Å². The van der Waals surface area contributed by atoms with Gasteiger partial charge in [-0.2, -0.15) is 0 Å². The smallest absolute Gasteiger partial charge is 0.308 e. The van der Waals surface area contributed by atoms with Crippen molar-refractivity contribution < 1.29 is 28.2 Å². The van der Waals surface area contributed by atoms with Gasteiger partial charge in [-0.25, -0.2) is 8.78 Å². The van der Waals surface area contributed by atoms with E-state index in [0.29, 0.717) is 6.42 Å². The zero-order valence-electron chi connectivity index (χ0n) is 12.6. The fourth-order valence-electron chi connectivity index (χ4n) is 2.58. The predicted molar refractivity (Wildman–Crippen MR) is 75.0 cm³/mol. The first-order chi connectivity index (χ1) is 10.4. The first-order valence-electron chi connectivity index (χ1n) is 7.25. The molecule has 122 valence electrons. The second kappa shape index (κ2) is 6.71. The summed E-state index contributed by atoms with van der Waals surface area (Å²) < 4.78 is 37.7. The minimum Gasteiger partial charge on any atom is -0.465 e. The van der Waals surface area contributed by atoms with Crippen LogP contribution in [-0.2, 0) is 19.9 Å². The molecule has 0 bridgehead atoms. The van der Waals surface area contributed by atoms with Crippen molar-refractivity contribution >= 4 is 5.97 Å². The molecule has 0 saturated carbocycles. The van der Waals surface area contributed by atoms with Crippen LogP contribution >= 0.6 is 0 Å². The van der Waals surface area contributed by atoms with Crippen molar-refractivity contribution in [1.29, 1.82) is 0 Å². The van der Waals surface area contributed by atoms with Gasteiger partial charge in [-0.3, -0.25) is 4.79 Å². The van der Waals surface area contributed by atoms with E-state index in [2.05, 4.69) is 0 Å². The maximum atomic E-state index is 14.0. The number of hydrogen-bond donors (Lipinski definition) is 1. The van der Waals surface area contributed by atoms with Crippen LogP contribution < -0.4 is 0 Å². The van der Waals surface area contributed by atoms with E-state index in [4.69, 9.17) is 9.47 Å². The summed E-state index contributed by atoms with van der Waals surface area (Å²) >= 11 is 0. The lowest BCUT2D eigenvalue weighted by atomic mass is 9.87. The Morgan fingerprint density at radius 1 is 1.50 bits per heavy atom. The molecular weight excluding hydrogens is 294 g/mol. The summed E-state index contributed by atoms with van der Waals surface area (Å²) in [5, 5.41) is 9.65. The molecule has 1 aromatic carbocycles. The standard InChI is InChI=1S/C16H20F2O4/c1-10(2)15(20)21-7-11-6-16(9-19,22-8-11)13-4-3-12(17)5-14(13)18/h3-5,10-11,19H,6-9H2,1-2H3/t11-,16+/m1/s1. The molecule has 1 N–H and O–H groups in total. The summed E-state index contributed by atoms with van der Waals surface area (Å²) in [6.45, 7) is 3.44. The highest BCUT2D eigenvalue weighted by Crippen LogP contribution is 2.40. The fourth-order valence-corrected chi connectivity index (χ4v) is 2.58. The number of esters is 1. The van der Waals surface area contributed by atoms with Crippen LogP contribution in [0, 0.1) is 23.5 Å². The van der Waals surface area contributed by atoms with Crippen molar-refractivity contribution in [3.8, 4) is 0 Å². The Bertz CT molecular complexity index is 547. The minimum absolute atomic E-state index is 0.120. The number of hydrogen-bond acceptors (Lipinski definition) is 4. The Morgan fingerprint density at radius 3 is 2.82 bits per heavy atom. The molecule has 1 fully saturated rings. The maximum Gasteiger partial charge on any atom is 0.308 e. The summed E-state index contributed by atoms with van der Waals surface area (Å²) in [5.41, 5.74) is -1.10. The summed E-state index contributed by atoms with van der Waals surface area (Å²) in [4.78, 5) is 11.5. The Hall–Kier alpha value is -1.53. The number of carbonyl (C=O) groups is 1. The molecule has 2 rings (SSSR count). The van der Waals surface area contributed by atoms with Gasteiger partial charge in [-0.15, -0.1) is 0 Å². The zero-order chi connectivity index (χ0) is 16.3. The molecule has 1 aliphatic heterocycles. The second-order valence-electron chi connectivity index (χ2n) is 5.94. The van der Waals surface area contributed by atoms with Gasteiger partial charge in [-0.05, 0) is 12.5 Å². The van der Waals surface area contributed by atoms with Crippen molar-refractivity contribution in [3.63, 3.8) is 0 Å². The van der Waals surface area contributed by atoms with E-state index in [1.165, 1.54) is 6.07 Å². The number of aliphatic hydroxyl groups is 1. The molecule has 2 atom stereocenters. The predicted octanol–water partition coefficient (Wildman–Crippen LogP) is 2.39. The van der Waals surface area contributed by atoms with Crippen molar-refractivity contribution in [2.75, 3.05) is 19.8 Å². The normalized spacial score (nSPS) is 24.7. The third-order valence-corrected chi connectivity index (χ3v) is 3.82. The topological polar surface area (TPSA) is 55.8 Å². The van der Waals surface area contributed by atoms with Crippen LogP contribution in [0.2, 0.25) is 0 Å². The molecule has 0 amide bonds. The number of carbonyl (C=O) groups excluding carboxylic acids is 1. The monoisotopic (exact) mass is 314 g/mol. The highest BCUT2D eigenvalue weighted by atomic mass is 19.1. The molecule has 1 heterocycles. The van der Waals surface area contributed by atoms with Crippen molar-refractivity contribution in [2.45, 2.75) is 25.9 Å². The summed E-state index contributed by atoms with van der Waals surface area (Å²) in [7, 11) is 0. The Morgan fingerprint density at radius 2 is 2.23 bits per heavy atom. The van der Waals surface area contributed by atoms with Crippen LogP contribution in [-0.4, -0.2) is 30.9 Å². The van der Waals surface area contributed by atoms with E-state index in [1.54, 1.807) is 13.8 Å². The molecule has 4 nitrogen and oxygen atoms in total. The van der Waals surface area contributed by atoms with Gasteiger partial charge in [0.15, 0.2) is 0 Å². The summed E-state index contributed by atoms with van der Waals surface area (Å²) in [6.07, 6.45) is 0.303. The van der Waals surface area contributed by atoms with E-state index in [1.807, 2.05) is 0 Å². The molecule has 1 aromatic rings. The molecule has 22 heavy (non-hydrogen) atoms. The van der Waals surface area contributed by atoms with Crippen molar-refractivity contribution in [1.82, 2.24) is 0 Å². The Kier molecular flexibility index (Phi) is 5.13. The highest BCUT2D eigenvalue weighted by molar-refractivity contribution is 5.71. The van der Waals surface area contributed by atoms with E-state index in [9.17, 15) is 18.7 Å². The molecule has 0 spiro atoms. The number of benzene rings is 1. The van der Waals surface area contributed by atoms with Gasteiger partial charge in [0.2, 0.25) is 0 Å². The van der Waals surface area contributed by atoms with Crippen LogP contribution in [0.25, 0.3) is 0 Å². The van der Waals surface area contributed by atoms with E-state index in [-0.39, 0.29) is 36.6 Å². The maximum absolute atomic E-state index is 14.0. The van der Waals surface area contributed by atoms with E-state index < -0.39 is 23.8 Å². The fraction of sp³-hybridized carbons (Fsp3) is 0.562. The molecular formula is C16H20F2O4. The summed E-state index contributed by atoms with van der Waals surface area (Å²) in [6, 6.07) is 3.18. The molecule has 6 heteroatoms. The number of rotatable bonds is 5. The molecule has 0 aromatic heterocycles. The molecule has 0 unspecified atom stereocenters. The first-order valence-corrected chi connectivity index (χ1v) is 7.25. The lowest BCUT2D eigenvalue weighted by Gasteiger charge is -2.27.